The molecule has 0 amide bonds. The summed E-state index contributed by atoms with van der Waals surface area (Å²) in [7, 11) is -1.49. The topological polar surface area (TPSA) is 49.4 Å². The van der Waals surface area contributed by atoms with Crippen LogP contribution in [0.4, 0.5) is 5.69 Å². The summed E-state index contributed by atoms with van der Waals surface area (Å²) in [6, 6.07) is 6.95. The van der Waals surface area contributed by atoms with Gasteiger partial charge in [-0.15, -0.1) is 0 Å². The van der Waals surface area contributed by atoms with Crippen LogP contribution in [0.25, 0.3) is 0 Å². The second-order valence-electron chi connectivity index (χ2n) is 5.08. The number of rotatable bonds is 5. The highest BCUT2D eigenvalue weighted by Gasteiger charge is 2.31. The Kier molecular flexibility index (Phi) is 4.47. The Bertz CT molecular complexity index is 511. The molecule has 1 aliphatic heterocycles. The van der Waals surface area contributed by atoms with E-state index >= 15 is 0 Å². The number of hydrogen-bond acceptors (Lipinski definition) is 3. The molecule has 1 fully saturated rings. The Hall–Kier alpha value is -1.07. The van der Waals surface area contributed by atoms with Gasteiger partial charge in [0.1, 0.15) is 0 Å². The van der Waals surface area contributed by atoms with Crippen LogP contribution in [0.5, 0.6) is 0 Å². The van der Waals surface area contributed by atoms with Crippen molar-refractivity contribution in [2.24, 2.45) is 5.92 Å². The molecule has 1 aromatic carbocycles. The van der Waals surface area contributed by atoms with E-state index in [-0.39, 0.29) is 0 Å². The molecule has 19 heavy (non-hydrogen) atoms. The van der Waals surface area contributed by atoms with Crippen LogP contribution in [0.1, 0.15) is 26.2 Å². The Morgan fingerprint density at radius 3 is 2.58 bits per heavy atom. The molecular formula is C14H22N2O2S. The number of nitrogens with one attached hydrogen (secondary N) is 1. The van der Waals surface area contributed by atoms with Gasteiger partial charge in [-0.05, 0) is 43.0 Å². The van der Waals surface area contributed by atoms with E-state index in [9.17, 15) is 8.42 Å². The number of nitrogens with zero attached hydrogens (tertiary/aromatic N) is 1. The van der Waals surface area contributed by atoms with Crippen LogP contribution in [0.2, 0.25) is 0 Å². The van der Waals surface area contributed by atoms with E-state index in [2.05, 4.69) is 12.2 Å². The highest BCUT2D eigenvalue weighted by Crippen LogP contribution is 2.27. The quantitative estimate of drug-likeness (QED) is 0.903. The van der Waals surface area contributed by atoms with E-state index in [1.165, 1.54) is 0 Å². The average molecular weight is 282 g/mol. The van der Waals surface area contributed by atoms with Crippen molar-refractivity contribution in [3.8, 4) is 0 Å². The van der Waals surface area contributed by atoms with Gasteiger partial charge in [-0.25, -0.2) is 8.42 Å². The van der Waals surface area contributed by atoms with E-state index in [1.807, 2.05) is 7.05 Å². The monoisotopic (exact) mass is 282 g/mol. The van der Waals surface area contributed by atoms with Crippen molar-refractivity contribution >= 4 is 15.7 Å². The number of benzene rings is 1. The van der Waals surface area contributed by atoms with Crippen molar-refractivity contribution in [2.45, 2.75) is 31.1 Å². The van der Waals surface area contributed by atoms with Crippen molar-refractivity contribution < 1.29 is 8.42 Å². The highest BCUT2D eigenvalue weighted by molar-refractivity contribution is 7.89. The fraction of sp³-hybridized carbons (Fsp3) is 0.571. The lowest BCUT2D eigenvalue weighted by atomic mass is 10.0. The first-order valence-corrected chi connectivity index (χ1v) is 8.30. The molecule has 1 atom stereocenters. The largest absolute Gasteiger partial charge is 0.388 e. The van der Waals surface area contributed by atoms with Crippen LogP contribution in [0.3, 0.4) is 0 Å². The van der Waals surface area contributed by atoms with Crippen LogP contribution < -0.4 is 5.32 Å². The Morgan fingerprint density at radius 2 is 2.00 bits per heavy atom. The molecule has 1 saturated heterocycles. The summed E-state index contributed by atoms with van der Waals surface area (Å²) in [5.41, 5.74) is 0.921. The van der Waals surface area contributed by atoms with Crippen LogP contribution >= 0.6 is 0 Å². The minimum absolute atomic E-state index is 0.392. The highest BCUT2D eigenvalue weighted by atomic mass is 32.2. The van der Waals surface area contributed by atoms with E-state index in [0.29, 0.717) is 23.9 Å². The van der Waals surface area contributed by atoms with Gasteiger partial charge < -0.3 is 5.32 Å². The van der Waals surface area contributed by atoms with Gasteiger partial charge in [0, 0.05) is 25.8 Å². The molecular weight excluding hydrogens is 260 g/mol. The van der Waals surface area contributed by atoms with E-state index < -0.39 is 10.0 Å². The zero-order chi connectivity index (χ0) is 13.9. The lowest BCUT2D eigenvalue weighted by Crippen LogP contribution is -2.28. The molecule has 0 saturated carbocycles. The van der Waals surface area contributed by atoms with Gasteiger partial charge in [-0.2, -0.15) is 4.31 Å². The summed E-state index contributed by atoms with van der Waals surface area (Å²) >= 11 is 0. The summed E-state index contributed by atoms with van der Waals surface area (Å²) in [4.78, 5) is 0.392. The molecule has 0 bridgehead atoms. The van der Waals surface area contributed by atoms with Crippen molar-refractivity contribution in [3.05, 3.63) is 24.3 Å². The van der Waals surface area contributed by atoms with E-state index in [4.69, 9.17) is 0 Å². The predicted octanol–water partition coefficient (Wildman–Crippen LogP) is 2.54. The molecule has 4 nitrogen and oxygen atoms in total. The molecule has 1 unspecified atom stereocenters. The molecule has 0 aromatic heterocycles. The average Bonchev–Trinajstić information content (AvgIpc) is 2.89. The van der Waals surface area contributed by atoms with Crippen molar-refractivity contribution in [1.29, 1.82) is 0 Å². The Labute approximate surface area is 115 Å². The first kappa shape index (κ1) is 14.3. The third-order valence-electron chi connectivity index (χ3n) is 3.73. The summed E-state index contributed by atoms with van der Waals surface area (Å²) in [6.45, 7) is 3.47. The maximum absolute atomic E-state index is 12.5. The fourth-order valence-corrected chi connectivity index (χ4v) is 4.13. The first-order chi connectivity index (χ1) is 9.07. The lowest BCUT2D eigenvalue weighted by molar-refractivity contribution is 0.444. The SMILES string of the molecule is CCCC1CCN(S(=O)(=O)c2ccc(NC)cc2)C1. The van der Waals surface area contributed by atoms with Crippen LogP contribution in [-0.4, -0.2) is 32.9 Å². The van der Waals surface area contributed by atoms with E-state index in [0.717, 1.165) is 24.9 Å². The van der Waals surface area contributed by atoms with Crippen molar-refractivity contribution in [1.82, 2.24) is 4.31 Å². The molecule has 106 valence electrons. The number of anilines is 1. The third-order valence-corrected chi connectivity index (χ3v) is 5.61. The molecule has 1 aromatic rings. The molecule has 1 heterocycles. The maximum Gasteiger partial charge on any atom is 0.243 e. The normalized spacial score (nSPS) is 20.6. The van der Waals surface area contributed by atoms with Gasteiger partial charge in [0.15, 0.2) is 0 Å². The van der Waals surface area contributed by atoms with Crippen LogP contribution in [0.15, 0.2) is 29.2 Å². The second-order valence-corrected chi connectivity index (χ2v) is 7.02. The summed E-state index contributed by atoms with van der Waals surface area (Å²) in [6.07, 6.45) is 3.22. The van der Waals surface area contributed by atoms with Gasteiger partial charge in [-0.1, -0.05) is 13.3 Å². The van der Waals surface area contributed by atoms with Gasteiger partial charge in [0.25, 0.3) is 0 Å². The third kappa shape index (κ3) is 3.09. The molecule has 2 rings (SSSR count). The van der Waals surface area contributed by atoms with Gasteiger partial charge in [-0.3, -0.25) is 0 Å². The smallest absolute Gasteiger partial charge is 0.243 e. The molecule has 5 heteroatoms. The maximum atomic E-state index is 12.5. The van der Waals surface area contributed by atoms with Crippen molar-refractivity contribution in [2.75, 3.05) is 25.5 Å². The molecule has 0 radical (unpaired) electrons. The zero-order valence-electron chi connectivity index (χ0n) is 11.6. The number of hydrogen-bond donors (Lipinski definition) is 1. The predicted molar refractivity (Wildman–Crippen MR) is 77.8 cm³/mol. The molecule has 0 spiro atoms. The minimum Gasteiger partial charge on any atom is -0.388 e. The first-order valence-electron chi connectivity index (χ1n) is 6.86. The van der Waals surface area contributed by atoms with E-state index in [1.54, 1.807) is 28.6 Å². The fourth-order valence-electron chi connectivity index (χ4n) is 2.60. The zero-order valence-corrected chi connectivity index (χ0v) is 12.4. The molecule has 0 aliphatic carbocycles. The second kappa shape index (κ2) is 5.92. The summed E-state index contributed by atoms with van der Waals surface area (Å²) in [5.74, 6) is 0.524. The van der Waals surface area contributed by atoms with Crippen LogP contribution in [0, 0.1) is 5.92 Å². The number of sulfonamides is 1. The molecule has 1 N–H and O–H groups in total. The minimum atomic E-state index is -3.31. The van der Waals surface area contributed by atoms with Crippen molar-refractivity contribution in [3.63, 3.8) is 0 Å². The van der Waals surface area contributed by atoms with Gasteiger partial charge in [0.2, 0.25) is 10.0 Å². The standard InChI is InChI=1S/C14H22N2O2S/c1-3-4-12-9-10-16(11-12)19(17,18)14-7-5-13(15-2)6-8-14/h5-8,12,15H,3-4,9-11H2,1-2H3. The Balaban J connectivity index is 2.13. The van der Waals surface area contributed by atoms with Gasteiger partial charge in [0.05, 0.1) is 4.90 Å². The van der Waals surface area contributed by atoms with Gasteiger partial charge >= 0.3 is 0 Å². The summed E-state index contributed by atoms with van der Waals surface area (Å²) in [5, 5.41) is 2.99. The molecule has 1 aliphatic rings. The summed E-state index contributed by atoms with van der Waals surface area (Å²) < 4.78 is 26.6. The Morgan fingerprint density at radius 1 is 1.32 bits per heavy atom. The lowest BCUT2D eigenvalue weighted by Gasteiger charge is -2.16. The van der Waals surface area contributed by atoms with Crippen LogP contribution in [-0.2, 0) is 10.0 Å².